The van der Waals surface area contributed by atoms with Crippen molar-refractivity contribution in [2.75, 3.05) is 30.4 Å². The Hall–Kier alpha value is -1.36. The van der Waals surface area contributed by atoms with Crippen molar-refractivity contribution in [3.63, 3.8) is 0 Å². The molecule has 0 spiro atoms. The van der Waals surface area contributed by atoms with Crippen molar-refractivity contribution in [1.82, 2.24) is 9.97 Å². The third kappa shape index (κ3) is 2.85. The quantitative estimate of drug-likeness (QED) is 0.807. The molecule has 1 aliphatic rings. The van der Waals surface area contributed by atoms with Gasteiger partial charge in [-0.15, -0.1) is 0 Å². The van der Waals surface area contributed by atoms with E-state index in [2.05, 4.69) is 20.2 Å². The van der Waals surface area contributed by atoms with Crippen LogP contribution in [0.1, 0.15) is 25.5 Å². The largest absolute Gasteiger partial charge is 0.390 e. The number of aromatic nitrogens is 2. The van der Waals surface area contributed by atoms with Gasteiger partial charge in [-0.3, -0.25) is 0 Å². The second-order valence-electron chi connectivity index (χ2n) is 4.93. The summed E-state index contributed by atoms with van der Waals surface area (Å²) >= 11 is 0. The van der Waals surface area contributed by atoms with Crippen LogP contribution >= 0.6 is 0 Å². The van der Waals surface area contributed by atoms with E-state index in [4.69, 9.17) is 0 Å². The maximum atomic E-state index is 9.92. The summed E-state index contributed by atoms with van der Waals surface area (Å²) in [5.41, 5.74) is 0.432. The molecular formula is C12H20N4O. The number of aliphatic hydroxyl groups is 1. The van der Waals surface area contributed by atoms with Crippen molar-refractivity contribution in [2.45, 2.75) is 32.3 Å². The molecule has 0 aromatic carbocycles. The Morgan fingerprint density at radius 2 is 2.00 bits per heavy atom. The Morgan fingerprint density at radius 1 is 1.35 bits per heavy atom. The van der Waals surface area contributed by atoms with Gasteiger partial charge >= 0.3 is 0 Å². The van der Waals surface area contributed by atoms with E-state index in [1.807, 2.05) is 27.0 Å². The minimum atomic E-state index is -0.523. The van der Waals surface area contributed by atoms with Crippen molar-refractivity contribution < 1.29 is 5.11 Å². The van der Waals surface area contributed by atoms with Crippen LogP contribution in [0.4, 0.5) is 11.8 Å². The minimum absolute atomic E-state index is 0.523. The molecule has 0 radical (unpaired) electrons. The summed E-state index contributed by atoms with van der Waals surface area (Å²) in [7, 11) is 1.82. The maximum Gasteiger partial charge on any atom is 0.224 e. The van der Waals surface area contributed by atoms with Crippen LogP contribution in [0.3, 0.4) is 0 Å². The maximum absolute atomic E-state index is 9.92. The van der Waals surface area contributed by atoms with E-state index in [0.29, 0.717) is 5.95 Å². The highest BCUT2D eigenvalue weighted by Gasteiger charge is 2.28. The number of nitrogens with zero attached hydrogens (tertiary/aromatic N) is 3. The predicted octanol–water partition coefficient (Wildman–Crippen LogP) is 1.18. The number of hydrogen-bond donors (Lipinski definition) is 2. The molecule has 0 saturated carbocycles. The summed E-state index contributed by atoms with van der Waals surface area (Å²) in [6, 6.07) is 1.99. The van der Waals surface area contributed by atoms with Gasteiger partial charge in [0.1, 0.15) is 5.82 Å². The van der Waals surface area contributed by atoms with E-state index < -0.39 is 5.60 Å². The summed E-state index contributed by atoms with van der Waals surface area (Å²) in [5, 5.41) is 12.9. The molecule has 1 fully saturated rings. The van der Waals surface area contributed by atoms with Crippen LogP contribution in [0.15, 0.2) is 6.07 Å². The molecule has 5 heteroatoms. The van der Waals surface area contributed by atoms with Crippen LogP contribution in [0, 0.1) is 6.92 Å². The third-order valence-electron chi connectivity index (χ3n) is 3.23. The molecule has 2 rings (SSSR count). The highest BCUT2D eigenvalue weighted by Crippen LogP contribution is 2.25. The molecule has 1 aromatic heterocycles. The first-order chi connectivity index (χ1) is 8.00. The highest BCUT2D eigenvalue weighted by molar-refractivity contribution is 5.45. The molecule has 0 atom stereocenters. The predicted molar refractivity (Wildman–Crippen MR) is 68.4 cm³/mol. The Kier molecular flexibility index (Phi) is 3.19. The van der Waals surface area contributed by atoms with Gasteiger partial charge in [0, 0.05) is 31.9 Å². The lowest BCUT2D eigenvalue weighted by Gasteiger charge is -2.36. The Bertz CT molecular complexity index is 395. The average Bonchev–Trinajstić information content (AvgIpc) is 2.28. The normalized spacial score (nSPS) is 19.2. The summed E-state index contributed by atoms with van der Waals surface area (Å²) in [6.07, 6.45) is 1.57. The summed E-state index contributed by atoms with van der Waals surface area (Å²) in [4.78, 5) is 10.9. The fourth-order valence-corrected chi connectivity index (χ4v) is 2.04. The van der Waals surface area contributed by atoms with E-state index in [0.717, 1.165) is 37.4 Å². The van der Waals surface area contributed by atoms with Crippen LogP contribution in [0.2, 0.25) is 0 Å². The van der Waals surface area contributed by atoms with E-state index in [9.17, 15) is 5.11 Å². The van der Waals surface area contributed by atoms with Gasteiger partial charge in [0.25, 0.3) is 0 Å². The first-order valence-electron chi connectivity index (χ1n) is 6.01. The van der Waals surface area contributed by atoms with E-state index in [1.165, 1.54) is 0 Å². The molecule has 1 aromatic rings. The van der Waals surface area contributed by atoms with E-state index in [1.54, 1.807) is 0 Å². The fraction of sp³-hybridized carbons (Fsp3) is 0.667. The Labute approximate surface area is 102 Å². The lowest BCUT2D eigenvalue weighted by Crippen LogP contribution is -2.42. The Balaban J connectivity index is 2.15. The van der Waals surface area contributed by atoms with Crippen molar-refractivity contribution in [3.8, 4) is 0 Å². The fourth-order valence-electron chi connectivity index (χ4n) is 2.04. The first kappa shape index (κ1) is 12.1. The summed E-state index contributed by atoms with van der Waals surface area (Å²) in [6.45, 7) is 5.54. The molecule has 2 heterocycles. The molecule has 5 nitrogen and oxygen atoms in total. The van der Waals surface area contributed by atoms with Crippen LogP contribution in [0.25, 0.3) is 0 Å². The van der Waals surface area contributed by atoms with Crippen LogP contribution in [-0.4, -0.2) is 40.8 Å². The van der Waals surface area contributed by atoms with Gasteiger partial charge in [-0.2, -0.15) is 4.98 Å². The minimum Gasteiger partial charge on any atom is -0.390 e. The summed E-state index contributed by atoms with van der Waals surface area (Å²) in [5.74, 6) is 1.59. The monoisotopic (exact) mass is 236 g/mol. The molecule has 0 amide bonds. The smallest absolute Gasteiger partial charge is 0.224 e. The molecule has 0 unspecified atom stereocenters. The van der Waals surface area contributed by atoms with Crippen molar-refractivity contribution in [2.24, 2.45) is 0 Å². The number of piperidine rings is 1. The number of rotatable bonds is 2. The third-order valence-corrected chi connectivity index (χ3v) is 3.23. The molecule has 0 bridgehead atoms. The van der Waals surface area contributed by atoms with Crippen LogP contribution in [0.5, 0.6) is 0 Å². The zero-order valence-electron chi connectivity index (χ0n) is 10.7. The average molecular weight is 236 g/mol. The molecular weight excluding hydrogens is 216 g/mol. The molecule has 17 heavy (non-hydrogen) atoms. The Morgan fingerprint density at radius 3 is 2.59 bits per heavy atom. The van der Waals surface area contributed by atoms with Crippen molar-refractivity contribution in [1.29, 1.82) is 0 Å². The van der Waals surface area contributed by atoms with Crippen molar-refractivity contribution in [3.05, 3.63) is 11.8 Å². The zero-order chi connectivity index (χ0) is 12.5. The second-order valence-corrected chi connectivity index (χ2v) is 4.93. The molecule has 0 aliphatic carbocycles. The van der Waals surface area contributed by atoms with Gasteiger partial charge in [0.15, 0.2) is 0 Å². The number of aryl methyl sites for hydroxylation is 1. The van der Waals surface area contributed by atoms with Crippen LogP contribution < -0.4 is 10.2 Å². The van der Waals surface area contributed by atoms with Crippen LogP contribution in [-0.2, 0) is 0 Å². The zero-order valence-corrected chi connectivity index (χ0v) is 10.7. The van der Waals surface area contributed by atoms with Gasteiger partial charge < -0.3 is 15.3 Å². The lowest BCUT2D eigenvalue weighted by molar-refractivity contribution is 0.0350. The van der Waals surface area contributed by atoms with Gasteiger partial charge in [-0.05, 0) is 26.7 Å². The number of nitrogens with one attached hydrogen (secondary N) is 1. The number of anilines is 2. The topological polar surface area (TPSA) is 61.3 Å². The second kappa shape index (κ2) is 4.49. The SMILES string of the molecule is CNc1nc(C)cc(N2CCC(C)(O)CC2)n1. The van der Waals surface area contributed by atoms with E-state index in [-0.39, 0.29) is 0 Å². The molecule has 1 aliphatic heterocycles. The van der Waals surface area contributed by atoms with Crippen molar-refractivity contribution >= 4 is 11.8 Å². The van der Waals surface area contributed by atoms with Gasteiger partial charge in [0.2, 0.25) is 5.95 Å². The highest BCUT2D eigenvalue weighted by atomic mass is 16.3. The van der Waals surface area contributed by atoms with E-state index >= 15 is 0 Å². The summed E-state index contributed by atoms with van der Waals surface area (Å²) < 4.78 is 0. The van der Waals surface area contributed by atoms with Gasteiger partial charge in [-0.25, -0.2) is 4.98 Å². The van der Waals surface area contributed by atoms with Gasteiger partial charge in [-0.1, -0.05) is 0 Å². The molecule has 2 N–H and O–H groups in total. The molecule has 94 valence electrons. The number of hydrogen-bond acceptors (Lipinski definition) is 5. The van der Waals surface area contributed by atoms with Gasteiger partial charge in [0.05, 0.1) is 5.60 Å². The standard InChI is InChI=1S/C12H20N4O/c1-9-8-10(15-11(13-3)14-9)16-6-4-12(2,17)5-7-16/h8,17H,4-7H2,1-3H3,(H,13,14,15). The molecule has 1 saturated heterocycles. The first-order valence-corrected chi connectivity index (χ1v) is 6.01. The lowest BCUT2D eigenvalue weighted by atomic mass is 9.94.